The Morgan fingerprint density at radius 2 is 2.14 bits per heavy atom. The highest BCUT2D eigenvalue weighted by atomic mass is 16.6. The second kappa shape index (κ2) is 3.87. The van der Waals surface area contributed by atoms with E-state index in [1.54, 1.807) is 0 Å². The Balaban J connectivity index is 1.95. The van der Waals surface area contributed by atoms with E-state index in [4.69, 9.17) is 4.74 Å². The van der Waals surface area contributed by atoms with Crippen LogP contribution in [0.15, 0.2) is 0 Å². The molecular formula is C10H17NO3. The van der Waals surface area contributed by atoms with E-state index in [0.29, 0.717) is 0 Å². The van der Waals surface area contributed by atoms with Crippen LogP contribution >= 0.6 is 0 Å². The predicted octanol–water partition coefficient (Wildman–Crippen LogP) is 0.461. The molecule has 0 radical (unpaired) electrons. The van der Waals surface area contributed by atoms with Crippen molar-refractivity contribution in [1.82, 2.24) is 5.32 Å². The smallest absolute Gasteiger partial charge is 0.335 e. The van der Waals surface area contributed by atoms with E-state index < -0.39 is 0 Å². The van der Waals surface area contributed by atoms with Crippen LogP contribution in [0, 0.1) is 0 Å². The number of carbonyl (C=O) groups is 1. The molecule has 2 saturated heterocycles. The number of ether oxygens (including phenoxy) is 2. The van der Waals surface area contributed by atoms with Gasteiger partial charge in [0, 0.05) is 0 Å². The average molecular weight is 199 g/mol. The zero-order valence-electron chi connectivity index (χ0n) is 8.54. The fourth-order valence-corrected chi connectivity index (χ4v) is 2.36. The monoisotopic (exact) mass is 199 g/mol. The van der Waals surface area contributed by atoms with Gasteiger partial charge in [-0.2, -0.15) is 0 Å². The van der Waals surface area contributed by atoms with Gasteiger partial charge in [-0.3, -0.25) is 0 Å². The standard InChI is InChI=1S/C10H17NO3/c1-13-9(12)8-2-3-10(14-8)4-6-11-7-5-10/h8,11H,2-7H2,1H3. The molecule has 14 heavy (non-hydrogen) atoms. The van der Waals surface area contributed by atoms with Crippen molar-refractivity contribution in [3.63, 3.8) is 0 Å². The fourth-order valence-electron chi connectivity index (χ4n) is 2.36. The summed E-state index contributed by atoms with van der Waals surface area (Å²) in [5, 5.41) is 3.30. The Kier molecular flexibility index (Phi) is 2.74. The number of esters is 1. The first-order valence-electron chi connectivity index (χ1n) is 5.22. The second-order valence-corrected chi connectivity index (χ2v) is 4.10. The van der Waals surface area contributed by atoms with Crippen LogP contribution in [0.5, 0.6) is 0 Å². The predicted molar refractivity (Wildman–Crippen MR) is 51.0 cm³/mol. The van der Waals surface area contributed by atoms with Crippen LogP contribution in [0.2, 0.25) is 0 Å². The van der Waals surface area contributed by atoms with E-state index in [9.17, 15) is 4.79 Å². The first-order valence-corrected chi connectivity index (χ1v) is 5.22. The number of hydrogen-bond donors (Lipinski definition) is 1. The van der Waals surface area contributed by atoms with Gasteiger partial charge in [0.25, 0.3) is 0 Å². The van der Waals surface area contributed by atoms with Crippen LogP contribution in [-0.4, -0.2) is 37.9 Å². The lowest BCUT2D eigenvalue weighted by Crippen LogP contribution is -2.42. The summed E-state index contributed by atoms with van der Waals surface area (Å²) in [7, 11) is 1.42. The van der Waals surface area contributed by atoms with Crippen molar-refractivity contribution in [2.75, 3.05) is 20.2 Å². The quantitative estimate of drug-likeness (QED) is 0.623. The van der Waals surface area contributed by atoms with Crippen molar-refractivity contribution in [1.29, 1.82) is 0 Å². The maximum absolute atomic E-state index is 11.3. The molecule has 1 unspecified atom stereocenters. The molecule has 2 rings (SSSR count). The van der Waals surface area contributed by atoms with Crippen LogP contribution < -0.4 is 5.32 Å². The molecule has 1 N–H and O–H groups in total. The van der Waals surface area contributed by atoms with Gasteiger partial charge in [0.05, 0.1) is 12.7 Å². The van der Waals surface area contributed by atoms with Crippen LogP contribution in [0.4, 0.5) is 0 Å². The molecule has 2 fully saturated rings. The van der Waals surface area contributed by atoms with E-state index in [1.807, 2.05) is 0 Å². The van der Waals surface area contributed by atoms with Crippen molar-refractivity contribution in [3.8, 4) is 0 Å². The zero-order valence-corrected chi connectivity index (χ0v) is 8.54. The lowest BCUT2D eigenvalue weighted by atomic mass is 9.89. The van der Waals surface area contributed by atoms with Crippen LogP contribution in [-0.2, 0) is 14.3 Å². The van der Waals surface area contributed by atoms with Crippen LogP contribution in [0.25, 0.3) is 0 Å². The minimum Gasteiger partial charge on any atom is -0.467 e. The van der Waals surface area contributed by atoms with Crippen LogP contribution in [0.3, 0.4) is 0 Å². The van der Waals surface area contributed by atoms with E-state index in [0.717, 1.165) is 38.8 Å². The van der Waals surface area contributed by atoms with Gasteiger partial charge >= 0.3 is 5.97 Å². The van der Waals surface area contributed by atoms with E-state index in [1.165, 1.54) is 7.11 Å². The summed E-state index contributed by atoms with van der Waals surface area (Å²) in [6.45, 7) is 1.99. The number of nitrogens with one attached hydrogen (secondary N) is 1. The van der Waals surface area contributed by atoms with E-state index in [2.05, 4.69) is 10.1 Å². The molecule has 2 aliphatic rings. The molecule has 2 aliphatic heterocycles. The second-order valence-electron chi connectivity index (χ2n) is 4.10. The summed E-state index contributed by atoms with van der Waals surface area (Å²) in [5.41, 5.74) is -0.0376. The van der Waals surface area contributed by atoms with Crippen molar-refractivity contribution >= 4 is 5.97 Å². The number of rotatable bonds is 1. The Morgan fingerprint density at radius 3 is 2.79 bits per heavy atom. The molecule has 0 aromatic heterocycles. The van der Waals surface area contributed by atoms with Gasteiger partial charge in [-0.05, 0) is 38.8 Å². The van der Waals surface area contributed by atoms with Gasteiger partial charge in [0.1, 0.15) is 0 Å². The first-order chi connectivity index (χ1) is 6.76. The summed E-state index contributed by atoms with van der Waals surface area (Å²) in [5.74, 6) is -0.222. The molecule has 1 spiro atoms. The maximum Gasteiger partial charge on any atom is 0.335 e. The molecule has 0 aliphatic carbocycles. The lowest BCUT2D eigenvalue weighted by Gasteiger charge is -2.33. The van der Waals surface area contributed by atoms with Crippen molar-refractivity contribution in [2.45, 2.75) is 37.4 Å². The molecule has 80 valence electrons. The highest BCUT2D eigenvalue weighted by molar-refractivity contribution is 5.74. The van der Waals surface area contributed by atoms with Gasteiger partial charge < -0.3 is 14.8 Å². The molecule has 2 heterocycles. The number of hydrogen-bond acceptors (Lipinski definition) is 4. The summed E-state index contributed by atoms with van der Waals surface area (Å²) in [6, 6.07) is 0. The minimum atomic E-state index is -0.321. The molecule has 0 saturated carbocycles. The third-order valence-corrected chi connectivity index (χ3v) is 3.23. The average Bonchev–Trinajstić information content (AvgIpc) is 2.62. The van der Waals surface area contributed by atoms with Crippen molar-refractivity contribution < 1.29 is 14.3 Å². The van der Waals surface area contributed by atoms with Crippen molar-refractivity contribution in [2.24, 2.45) is 0 Å². The van der Waals surface area contributed by atoms with Gasteiger partial charge in [-0.1, -0.05) is 0 Å². The Morgan fingerprint density at radius 1 is 1.43 bits per heavy atom. The summed E-state index contributed by atoms with van der Waals surface area (Å²) >= 11 is 0. The zero-order chi connectivity index (χ0) is 10.0. The Hall–Kier alpha value is -0.610. The molecule has 0 aromatic carbocycles. The van der Waals surface area contributed by atoms with E-state index in [-0.39, 0.29) is 17.7 Å². The highest BCUT2D eigenvalue weighted by Gasteiger charge is 2.43. The Labute approximate surface area is 84.0 Å². The molecule has 4 nitrogen and oxygen atoms in total. The number of methoxy groups -OCH3 is 1. The molecule has 0 bridgehead atoms. The normalized spacial score (nSPS) is 30.5. The topological polar surface area (TPSA) is 47.6 Å². The van der Waals surface area contributed by atoms with Crippen LogP contribution in [0.1, 0.15) is 25.7 Å². The van der Waals surface area contributed by atoms with Gasteiger partial charge in [-0.25, -0.2) is 4.79 Å². The van der Waals surface area contributed by atoms with Gasteiger partial charge in [-0.15, -0.1) is 0 Å². The third kappa shape index (κ3) is 1.77. The molecule has 0 aromatic rings. The molecule has 0 amide bonds. The Bertz CT molecular complexity index is 223. The first kappa shape index (κ1) is 9.93. The molecule has 1 atom stereocenters. The molecule has 4 heteroatoms. The highest BCUT2D eigenvalue weighted by Crippen LogP contribution is 2.37. The van der Waals surface area contributed by atoms with Gasteiger partial charge in [0.2, 0.25) is 0 Å². The summed E-state index contributed by atoms with van der Waals surface area (Å²) in [6.07, 6.45) is 3.51. The van der Waals surface area contributed by atoms with E-state index >= 15 is 0 Å². The minimum absolute atomic E-state index is 0.0376. The summed E-state index contributed by atoms with van der Waals surface area (Å²) in [4.78, 5) is 11.3. The SMILES string of the molecule is COC(=O)C1CCC2(CCNCC2)O1. The lowest BCUT2D eigenvalue weighted by molar-refractivity contribution is -0.159. The van der Waals surface area contributed by atoms with Gasteiger partial charge in [0.15, 0.2) is 6.10 Å². The van der Waals surface area contributed by atoms with Crippen molar-refractivity contribution in [3.05, 3.63) is 0 Å². The third-order valence-electron chi connectivity index (χ3n) is 3.23. The number of piperidine rings is 1. The maximum atomic E-state index is 11.3. The fraction of sp³-hybridized carbons (Fsp3) is 0.900. The summed E-state index contributed by atoms with van der Waals surface area (Å²) < 4.78 is 10.5. The molecular weight excluding hydrogens is 182 g/mol. The largest absolute Gasteiger partial charge is 0.467 e. The number of carbonyl (C=O) groups excluding carboxylic acids is 1.